The van der Waals surface area contributed by atoms with Gasteiger partial charge in [-0.25, -0.2) is 9.48 Å². The largest absolute Gasteiger partial charge is 0.334 e. The molecule has 24 heavy (non-hydrogen) atoms. The van der Waals surface area contributed by atoms with Crippen LogP contribution < -0.4 is 10.6 Å². The lowest BCUT2D eigenvalue weighted by Crippen LogP contribution is -2.22. The molecule has 7 nitrogen and oxygen atoms in total. The highest BCUT2D eigenvalue weighted by atomic mass is 16.2. The van der Waals surface area contributed by atoms with Crippen molar-refractivity contribution in [3.8, 4) is 0 Å². The van der Waals surface area contributed by atoms with E-state index >= 15 is 0 Å². The van der Waals surface area contributed by atoms with Crippen LogP contribution in [0.2, 0.25) is 0 Å². The lowest BCUT2D eigenvalue weighted by atomic mass is 10.1. The van der Waals surface area contributed by atoms with Crippen LogP contribution in [-0.2, 0) is 17.9 Å². The molecule has 3 rings (SSSR count). The summed E-state index contributed by atoms with van der Waals surface area (Å²) in [6.07, 6.45) is 1.65. The van der Waals surface area contributed by atoms with Gasteiger partial charge in [-0.3, -0.25) is 10.1 Å². The summed E-state index contributed by atoms with van der Waals surface area (Å²) in [5.41, 5.74) is 2.89. The number of urea groups is 1. The molecular weight excluding hydrogens is 306 g/mol. The second-order valence-electron chi connectivity index (χ2n) is 6.19. The van der Waals surface area contributed by atoms with Gasteiger partial charge >= 0.3 is 6.03 Å². The number of hydrogen-bond acceptors (Lipinski definition) is 3. The quantitative estimate of drug-likeness (QED) is 0.909. The number of anilines is 2. The number of nitrogens with zero attached hydrogens (tertiary/aromatic N) is 3. The molecule has 0 aliphatic carbocycles. The van der Waals surface area contributed by atoms with Gasteiger partial charge in [-0.05, 0) is 37.1 Å². The number of rotatable bonds is 3. The van der Waals surface area contributed by atoms with Crippen molar-refractivity contribution in [3.63, 3.8) is 0 Å². The van der Waals surface area contributed by atoms with Gasteiger partial charge in [0.2, 0.25) is 5.91 Å². The Kier molecular flexibility index (Phi) is 4.24. The molecule has 0 spiro atoms. The standard InChI is InChI=1S/C17H21N5O2/c1-11(2)22-16(6-7-18-22)20-17(24)19-15-5-4-13-9-21(12(3)23)10-14(13)8-15/h4-8,11H,9-10H2,1-3H3,(H2,19,20,24). The molecule has 7 heteroatoms. The minimum Gasteiger partial charge on any atom is -0.334 e. The highest BCUT2D eigenvalue weighted by molar-refractivity contribution is 5.99. The summed E-state index contributed by atoms with van der Waals surface area (Å²) >= 11 is 0. The number of fused-ring (bicyclic) bond motifs is 1. The van der Waals surface area contributed by atoms with Gasteiger partial charge in [-0.1, -0.05) is 6.07 Å². The Morgan fingerprint density at radius 3 is 2.58 bits per heavy atom. The molecule has 0 bridgehead atoms. The Morgan fingerprint density at radius 2 is 1.88 bits per heavy atom. The van der Waals surface area contributed by atoms with E-state index in [1.807, 2.05) is 32.0 Å². The van der Waals surface area contributed by atoms with Crippen molar-refractivity contribution in [1.82, 2.24) is 14.7 Å². The van der Waals surface area contributed by atoms with E-state index in [0.717, 1.165) is 11.1 Å². The predicted octanol–water partition coefficient (Wildman–Crippen LogP) is 2.97. The second kappa shape index (κ2) is 6.35. The van der Waals surface area contributed by atoms with Crippen molar-refractivity contribution in [1.29, 1.82) is 0 Å². The van der Waals surface area contributed by atoms with Gasteiger partial charge in [0.25, 0.3) is 0 Å². The third-order valence-electron chi connectivity index (χ3n) is 4.03. The van der Waals surface area contributed by atoms with Crippen molar-refractivity contribution < 1.29 is 9.59 Å². The van der Waals surface area contributed by atoms with Crippen LogP contribution >= 0.6 is 0 Å². The number of carbonyl (C=O) groups excluding carboxylic acids is 2. The highest BCUT2D eigenvalue weighted by Gasteiger charge is 2.21. The summed E-state index contributed by atoms with van der Waals surface area (Å²) in [5.74, 6) is 0.701. The first-order valence-electron chi connectivity index (χ1n) is 7.93. The lowest BCUT2D eigenvalue weighted by molar-refractivity contribution is -0.129. The van der Waals surface area contributed by atoms with E-state index in [1.165, 1.54) is 0 Å². The summed E-state index contributed by atoms with van der Waals surface area (Å²) in [6, 6.07) is 7.31. The Balaban J connectivity index is 1.67. The molecule has 0 radical (unpaired) electrons. The third kappa shape index (κ3) is 3.24. The monoisotopic (exact) mass is 327 g/mol. The fraction of sp³-hybridized carbons (Fsp3) is 0.353. The number of carbonyl (C=O) groups is 2. The molecule has 2 N–H and O–H groups in total. The maximum atomic E-state index is 12.2. The van der Waals surface area contributed by atoms with E-state index in [0.29, 0.717) is 24.6 Å². The van der Waals surface area contributed by atoms with Gasteiger partial charge < -0.3 is 10.2 Å². The number of benzene rings is 1. The van der Waals surface area contributed by atoms with Crippen molar-refractivity contribution in [2.24, 2.45) is 0 Å². The molecule has 1 aromatic carbocycles. The summed E-state index contributed by atoms with van der Waals surface area (Å²) in [4.78, 5) is 25.5. The number of aromatic nitrogens is 2. The van der Waals surface area contributed by atoms with Crippen LogP contribution in [0, 0.1) is 0 Å². The molecular formula is C17H21N5O2. The molecule has 0 unspecified atom stereocenters. The van der Waals surface area contributed by atoms with E-state index in [4.69, 9.17) is 0 Å². The van der Waals surface area contributed by atoms with Gasteiger partial charge in [0.05, 0.1) is 6.20 Å². The molecule has 0 fully saturated rings. The lowest BCUT2D eigenvalue weighted by Gasteiger charge is -2.13. The second-order valence-corrected chi connectivity index (χ2v) is 6.19. The number of nitrogens with one attached hydrogen (secondary N) is 2. The Bertz CT molecular complexity index is 781. The third-order valence-corrected chi connectivity index (χ3v) is 4.03. The zero-order valence-corrected chi connectivity index (χ0v) is 14.0. The maximum Gasteiger partial charge on any atom is 0.324 e. The first kappa shape index (κ1) is 16.0. The molecule has 0 saturated heterocycles. The first-order chi connectivity index (χ1) is 11.4. The molecule has 0 saturated carbocycles. The Labute approximate surface area is 140 Å². The van der Waals surface area contributed by atoms with E-state index in [-0.39, 0.29) is 18.0 Å². The fourth-order valence-electron chi connectivity index (χ4n) is 2.80. The fourth-order valence-corrected chi connectivity index (χ4v) is 2.80. The summed E-state index contributed by atoms with van der Waals surface area (Å²) < 4.78 is 1.74. The average molecular weight is 327 g/mol. The average Bonchev–Trinajstić information content (AvgIpc) is 3.12. The van der Waals surface area contributed by atoms with E-state index in [9.17, 15) is 9.59 Å². The van der Waals surface area contributed by atoms with Gasteiger partial charge in [-0.2, -0.15) is 5.10 Å². The topological polar surface area (TPSA) is 79.3 Å². The Hall–Kier alpha value is -2.83. The normalized spacial score (nSPS) is 13.1. The molecule has 126 valence electrons. The van der Waals surface area contributed by atoms with Crippen LogP contribution in [0.5, 0.6) is 0 Å². The minimum absolute atomic E-state index is 0.0559. The summed E-state index contributed by atoms with van der Waals surface area (Å²) in [7, 11) is 0. The van der Waals surface area contributed by atoms with Crippen molar-refractivity contribution in [2.45, 2.75) is 39.9 Å². The van der Waals surface area contributed by atoms with Crippen molar-refractivity contribution >= 4 is 23.4 Å². The molecule has 1 aromatic heterocycles. The molecule has 1 aliphatic heterocycles. The van der Waals surface area contributed by atoms with Crippen LogP contribution in [0.4, 0.5) is 16.3 Å². The van der Waals surface area contributed by atoms with Crippen LogP contribution in [0.3, 0.4) is 0 Å². The zero-order valence-electron chi connectivity index (χ0n) is 14.0. The van der Waals surface area contributed by atoms with Crippen molar-refractivity contribution in [2.75, 3.05) is 10.6 Å². The highest BCUT2D eigenvalue weighted by Crippen LogP contribution is 2.26. The van der Waals surface area contributed by atoms with Gasteiger partial charge in [0.15, 0.2) is 0 Å². The maximum absolute atomic E-state index is 12.2. The predicted molar refractivity (Wildman–Crippen MR) is 91.6 cm³/mol. The molecule has 2 aromatic rings. The first-order valence-corrected chi connectivity index (χ1v) is 7.93. The molecule has 1 aliphatic rings. The van der Waals surface area contributed by atoms with E-state index in [1.54, 1.807) is 28.8 Å². The van der Waals surface area contributed by atoms with E-state index < -0.39 is 0 Å². The molecule has 0 atom stereocenters. The minimum atomic E-state index is -0.321. The number of hydrogen-bond donors (Lipinski definition) is 2. The van der Waals surface area contributed by atoms with Gasteiger partial charge in [0.1, 0.15) is 5.82 Å². The van der Waals surface area contributed by atoms with Crippen LogP contribution in [0.15, 0.2) is 30.5 Å². The SMILES string of the molecule is CC(=O)N1Cc2ccc(NC(=O)Nc3ccnn3C(C)C)cc2C1. The van der Waals surface area contributed by atoms with Gasteiger partial charge in [0, 0.05) is 37.8 Å². The van der Waals surface area contributed by atoms with Crippen LogP contribution in [0.25, 0.3) is 0 Å². The van der Waals surface area contributed by atoms with Crippen molar-refractivity contribution in [3.05, 3.63) is 41.6 Å². The molecule has 2 heterocycles. The zero-order chi connectivity index (χ0) is 17.3. The van der Waals surface area contributed by atoms with Crippen LogP contribution in [0.1, 0.15) is 37.9 Å². The van der Waals surface area contributed by atoms with E-state index in [2.05, 4.69) is 15.7 Å². The summed E-state index contributed by atoms with van der Waals surface area (Å²) in [6.45, 7) is 6.78. The van der Waals surface area contributed by atoms with Gasteiger partial charge in [-0.15, -0.1) is 0 Å². The Morgan fingerprint density at radius 1 is 1.12 bits per heavy atom. The smallest absolute Gasteiger partial charge is 0.324 e. The molecule has 3 amide bonds. The summed E-state index contributed by atoms with van der Waals surface area (Å²) in [5, 5.41) is 9.81. The number of amides is 3. The van der Waals surface area contributed by atoms with Crippen LogP contribution in [-0.4, -0.2) is 26.6 Å².